The number of ether oxygens (including phenoxy) is 5. The molecule has 5 unspecified atom stereocenters. The first kappa shape index (κ1) is 120. The molecule has 0 amide bonds. The van der Waals surface area contributed by atoms with Crippen molar-refractivity contribution in [3.8, 4) is 0 Å². The summed E-state index contributed by atoms with van der Waals surface area (Å²) in [6.45, 7) is 58.0. The largest absolute Gasteiger partial charge is 0.459 e. The van der Waals surface area contributed by atoms with E-state index in [9.17, 15) is 24.0 Å². The summed E-state index contributed by atoms with van der Waals surface area (Å²) in [5.74, 6) is 5.26. The van der Waals surface area contributed by atoms with Gasteiger partial charge >= 0.3 is 29.8 Å². The molecule has 10 nitrogen and oxygen atoms in total. The Morgan fingerprint density at radius 1 is 0.308 bits per heavy atom. The Hall–Kier alpha value is -2.65. The first-order chi connectivity index (χ1) is 43.2. The average Bonchev–Trinajstić information content (AvgIpc) is 0.814. The molecule has 0 spiro atoms. The summed E-state index contributed by atoms with van der Waals surface area (Å²) in [5, 5.41) is 0. The Bertz CT molecular complexity index is 2250. The van der Waals surface area contributed by atoms with E-state index in [-0.39, 0.29) is 165 Å². The minimum atomic E-state index is -0.373. The Morgan fingerprint density at radius 2 is 0.615 bits per heavy atom. The highest BCUT2D eigenvalue weighted by molar-refractivity contribution is 5.78. The standard InChI is InChI=1S/C19H34O2.C17H32O2.3C16H30O2.10CH4/c1-6-18(2,3)17(20)21-19(4,5)16-12-11-14-9-7-8-10-15(14)13-16;1-6-16(4,5)15(18)19-17(7-2,8-3)14-12-10-9-11-13-14;1-7-15(3,4)14(17)18-16(5,6)13-10-8-12(2)9-11-13;1-7-14(2,3)13(17)18-15(4,5)16(6)11-9-8-10-12-16;1-7-15(3,4)14(17)18-16(5,6)13-11-9-8-10-12(13)2;;;;;;;;;;/h14-16H,6-13H2,1-5H3;14H,6-13H2,1-5H3;12-13H,7-11H2,1-6H3;7-12H2,1-6H3;12-13H,7-11H2,1-6H3;10*1H4. The van der Waals surface area contributed by atoms with Gasteiger partial charge in [0.2, 0.25) is 0 Å². The molecule has 0 saturated heterocycles. The van der Waals surface area contributed by atoms with Gasteiger partial charge in [0, 0.05) is 11.3 Å². The van der Waals surface area contributed by atoms with Crippen molar-refractivity contribution in [3.63, 3.8) is 0 Å². The van der Waals surface area contributed by atoms with Gasteiger partial charge in [-0.05, 0) is 275 Å². The highest BCUT2D eigenvalue weighted by Crippen LogP contribution is 2.50. The fraction of sp³-hybridized carbons (Fsp3) is 0.947. The molecular formula is C94H196O10. The molecule has 0 radical (unpaired) electrons. The quantitative estimate of drug-likeness (QED) is 0.0762. The zero-order chi connectivity index (χ0) is 72.2. The van der Waals surface area contributed by atoms with Gasteiger partial charge in [0.05, 0.1) is 27.1 Å². The molecule has 632 valence electrons. The number of carbonyl (C=O) groups excluding carboxylic acids is 5. The molecule has 0 bridgehead atoms. The lowest BCUT2D eigenvalue weighted by Crippen LogP contribution is -2.48. The summed E-state index contributed by atoms with van der Waals surface area (Å²) < 4.78 is 29.7. The summed E-state index contributed by atoms with van der Waals surface area (Å²) in [5.41, 5.74) is -3.23. The van der Waals surface area contributed by atoms with Crippen molar-refractivity contribution in [3.05, 3.63) is 0 Å². The second-order valence-electron chi connectivity index (χ2n) is 36.8. The summed E-state index contributed by atoms with van der Waals surface area (Å²) in [7, 11) is 0. The highest BCUT2D eigenvalue weighted by atomic mass is 16.6. The van der Waals surface area contributed by atoms with E-state index in [1.54, 1.807) is 0 Å². The van der Waals surface area contributed by atoms with E-state index >= 15 is 0 Å². The van der Waals surface area contributed by atoms with Gasteiger partial charge < -0.3 is 23.7 Å². The molecular weight excluding hydrogens is 1290 g/mol. The third kappa shape index (κ3) is 35.1. The molecule has 6 saturated carbocycles. The van der Waals surface area contributed by atoms with Crippen LogP contribution in [0.4, 0.5) is 0 Å². The number of carbonyl (C=O) groups is 5. The molecule has 0 aromatic rings. The van der Waals surface area contributed by atoms with Crippen LogP contribution in [0.3, 0.4) is 0 Å². The van der Waals surface area contributed by atoms with Crippen LogP contribution in [-0.2, 0) is 47.7 Å². The van der Waals surface area contributed by atoms with Crippen molar-refractivity contribution in [2.24, 2.45) is 79.8 Å². The van der Waals surface area contributed by atoms with Crippen LogP contribution in [-0.4, -0.2) is 57.9 Å². The fourth-order valence-corrected chi connectivity index (χ4v) is 15.3. The summed E-state index contributed by atoms with van der Waals surface area (Å²) in [4.78, 5) is 61.6. The van der Waals surface area contributed by atoms with E-state index in [2.05, 4.69) is 104 Å². The minimum Gasteiger partial charge on any atom is -0.459 e. The second-order valence-corrected chi connectivity index (χ2v) is 36.8. The van der Waals surface area contributed by atoms with Crippen LogP contribution in [0.25, 0.3) is 0 Å². The average molecular weight is 1490 g/mol. The topological polar surface area (TPSA) is 132 Å². The number of hydrogen-bond acceptors (Lipinski definition) is 10. The van der Waals surface area contributed by atoms with Crippen LogP contribution < -0.4 is 0 Å². The number of hydrogen-bond donors (Lipinski definition) is 0. The molecule has 0 aromatic heterocycles. The van der Waals surface area contributed by atoms with Crippen LogP contribution in [0.1, 0.15) is 474 Å². The van der Waals surface area contributed by atoms with Crippen molar-refractivity contribution in [2.45, 2.75) is 502 Å². The zero-order valence-electron chi connectivity index (χ0n) is 67.3. The van der Waals surface area contributed by atoms with Crippen molar-refractivity contribution in [1.82, 2.24) is 0 Å². The Labute approximate surface area is 655 Å². The number of fused-ring (bicyclic) bond motifs is 1. The molecule has 0 heterocycles. The summed E-state index contributed by atoms with van der Waals surface area (Å²) in [6.07, 6.45) is 38.0. The lowest BCUT2D eigenvalue weighted by molar-refractivity contribution is -0.183. The predicted molar refractivity (Wildman–Crippen MR) is 461 cm³/mol. The molecule has 104 heavy (non-hydrogen) atoms. The van der Waals surface area contributed by atoms with Gasteiger partial charge in [0.25, 0.3) is 0 Å². The van der Waals surface area contributed by atoms with Gasteiger partial charge in [-0.1, -0.05) is 240 Å². The van der Waals surface area contributed by atoms with Gasteiger partial charge in [0.1, 0.15) is 28.0 Å². The number of esters is 5. The molecule has 0 aromatic carbocycles. The predicted octanol–water partition coefficient (Wildman–Crippen LogP) is 30.7. The summed E-state index contributed by atoms with van der Waals surface area (Å²) in [6, 6.07) is 0. The van der Waals surface area contributed by atoms with E-state index in [1.807, 2.05) is 90.0 Å². The van der Waals surface area contributed by atoms with E-state index in [0.29, 0.717) is 29.6 Å². The maximum absolute atomic E-state index is 12.4. The van der Waals surface area contributed by atoms with E-state index in [4.69, 9.17) is 23.7 Å². The second kappa shape index (κ2) is 51.0. The van der Waals surface area contributed by atoms with Gasteiger partial charge in [-0.25, -0.2) is 0 Å². The van der Waals surface area contributed by atoms with Crippen LogP contribution in [0.2, 0.25) is 0 Å². The molecule has 5 atom stereocenters. The molecule has 6 rings (SSSR count). The third-order valence-corrected chi connectivity index (χ3v) is 26.4. The van der Waals surface area contributed by atoms with Crippen molar-refractivity contribution in [1.29, 1.82) is 0 Å². The molecule has 6 aliphatic carbocycles. The van der Waals surface area contributed by atoms with Gasteiger partial charge in [-0.2, -0.15) is 0 Å². The van der Waals surface area contributed by atoms with Crippen molar-refractivity contribution in [2.75, 3.05) is 0 Å². The molecule has 6 aliphatic rings. The van der Waals surface area contributed by atoms with Gasteiger partial charge in [-0.3, -0.25) is 24.0 Å². The van der Waals surface area contributed by atoms with Crippen LogP contribution in [0, 0.1) is 79.8 Å². The normalized spacial score (nSPS) is 22.1. The molecule has 10 heteroatoms. The highest BCUT2D eigenvalue weighted by Gasteiger charge is 2.48. The summed E-state index contributed by atoms with van der Waals surface area (Å²) >= 11 is 0. The molecule has 6 fully saturated rings. The molecule has 0 aliphatic heterocycles. The van der Waals surface area contributed by atoms with Crippen LogP contribution in [0.5, 0.6) is 0 Å². The van der Waals surface area contributed by atoms with Crippen LogP contribution >= 0.6 is 0 Å². The first-order valence-electron chi connectivity index (χ1n) is 39.4. The first-order valence-corrected chi connectivity index (χ1v) is 39.4. The van der Waals surface area contributed by atoms with E-state index < -0.39 is 0 Å². The monoisotopic (exact) mass is 1490 g/mol. The molecule has 0 N–H and O–H groups in total. The minimum absolute atomic E-state index is 0. The van der Waals surface area contributed by atoms with E-state index in [0.717, 1.165) is 62.7 Å². The van der Waals surface area contributed by atoms with Crippen molar-refractivity contribution < 1.29 is 47.7 Å². The van der Waals surface area contributed by atoms with E-state index in [1.165, 1.54) is 161 Å². The zero-order valence-corrected chi connectivity index (χ0v) is 67.3. The maximum Gasteiger partial charge on any atom is 0.312 e. The number of rotatable bonds is 22. The Kier molecular flexibility index (Phi) is 58.7. The lowest BCUT2D eigenvalue weighted by atomic mass is 9.64. The third-order valence-electron chi connectivity index (χ3n) is 26.4. The smallest absolute Gasteiger partial charge is 0.312 e. The van der Waals surface area contributed by atoms with Gasteiger partial charge in [-0.15, -0.1) is 0 Å². The Balaban J connectivity index is -0.000000152. The SMILES string of the molecule is C.C.C.C.C.C.C.C.C.C.CCC(C)(C)C(=O)OC(C)(C)C1(C)CCCCC1.CCC(C)(C)C(=O)OC(C)(C)C1CCC(C)CC1.CCC(C)(C)C(=O)OC(C)(C)C1CCC2CCCCC2C1.CCC(C)(C)C(=O)OC(C)(C)C1CCCCC1C.CCC(C)(C)C(=O)OC(CC)(CC)C1CCCCC1. The lowest BCUT2D eigenvalue weighted by Gasteiger charge is -2.47. The van der Waals surface area contributed by atoms with Crippen molar-refractivity contribution >= 4 is 29.8 Å². The van der Waals surface area contributed by atoms with Crippen LogP contribution in [0.15, 0.2) is 0 Å². The Morgan fingerprint density at radius 3 is 0.990 bits per heavy atom. The van der Waals surface area contributed by atoms with Gasteiger partial charge in [0.15, 0.2) is 0 Å². The maximum atomic E-state index is 12.4. The fourth-order valence-electron chi connectivity index (χ4n) is 15.3.